The number of ether oxygens (including phenoxy) is 1. The van der Waals surface area contributed by atoms with Gasteiger partial charge in [-0.3, -0.25) is 5.32 Å². The van der Waals surface area contributed by atoms with Crippen LogP contribution in [-0.4, -0.2) is 63.5 Å². The van der Waals surface area contributed by atoms with Crippen LogP contribution >= 0.6 is 0 Å². The molecule has 0 saturated carbocycles. The number of hydrogen-bond donors (Lipinski definition) is 2. The van der Waals surface area contributed by atoms with E-state index in [1.54, 1.807) is 18.5 Å². The van der Waals surface area contributed by atoms with Crippen molar-refractivity contribution < 1.29 is 16.9 Å². The fourth-order valence-electron chi connectivity index (χ4n) is 4.70. The third-order valence-corrected chi connectivity index (χ3v) is 6.60. The highest BCUT2D eigenvalue weighted by molar-refractivity contribution is 5.99. The van der Waals surface area contributed by atoms with E-state index < -0.39 is 6.03 Å². The van der Waals surface area contributed by atoms with Crippen molar-refractivity contribution in [2.24, 2.45) is 0 Å². The Balaban J connectivity index is 0.00000185. The van der Waals surface area contributed by atoms with E-state index >= 15 is 0 Å². The Hall–Kier alpha value is -4.58. The lowest BCUT2D eigenvalue weighted by Gasteiger charge is -2.37. The highest BCUT2D eigenvalue weighted by atomic mass is 16.5. The lowest BCUT2D eigenvalue weighted by molar-refractivity contribution is 0.0984. The van der Waals surface area contributed by atoms with E-state index in [4.69, 9.17) is 19.2 Å². The molecule has 1 fully saturated rings. The van der Waals surface area contributed by atoms with Gasteiger partial charge in [0.05, 0.1) is 31.5 Å². The first-order valence-corrected chi connectivity index (χ1v) is 12.5. The lowest BCUT2D eigenvalue weighted by atomic mass is 10.0. The first-order valence-electron chi connectivity index (χ1n) is 12.5. The normalized spacial score (nSPS) is 17.1. The van der Waals surface area contributed by atoms with Crippen LogP contribution in [-0.2, 0) is 17.7 Å². The van der Waals surface area contributed by atoms with Gasteiger partial charge in [-0.15, -0.1) is 0 Å². The van der Waals surface area contributed by atoms with Crippen molar-refractivity contribution in [3.8, 4) is 11.4 Å². The molecule has 4 aromatic rings. The van der Waals surface area contributed by atoms with Gasteiger partial charge in [-0.05, 0) is 43.7 Å². The molecule has 0 aliphatic carbocycles. The van der Waals surface area contributed by atoms with Gasteiger partial charge in [0, 0.05) is 51.2 Å². The third-order valence-electron chi connectivity index (χ3n) is 6.60. The van der Waals surface area contributed by atoms with Crippen LogP contribution in [0, 0.1) is 0 Å². The molecule has 2 aliphatic heterocycles. The molecule has 2 amide bonds. The molecule has 1 atom stereocenters. The number of carbonyl (C=O) groups excluding carboxylic acids is 1. The summed E-state index contributed by atoms with van der Waals surface area (Å²) in [5.74, 6) is 2.62. The van der Waals surface area contributed by atoms with Crippen LogP contribution in [0.5, 0.6) is 0 Å². The number of urea groups is 1. The van der Waals surface area contributed by atoms with E-state index in [9.17, 15) is 4.79 Å². The van der Waals surface area contributed by atoms with Crippen LogP contribution < -0.4 is 20.4 Å². The molecule has 0 unspecified atom stereocenters. The van der Waals surface area contributed by atoms with E-state index in [2.05, 4.69) is 42.5 Å². The largest absolute Gasteiger partial charge is 0.377 e. The van der Waals surface area contributed by atoms with E-state index in [1.165, 1.54) is 6.26 Å². The molecule has 6 rings (SSSR count). The second-order valence-electron chi connectivity index (χ2n) is 9.17. The lowest BCUT2D eigenvalue weighted by Crippen LogP contribution is -2.45. The van der Waals surface area contributed by atoms with Crippen molar-refractivity contribution >= 4 is 29.3 Å². The van der Waals surface area contributed by atoms with Crippen LogP contribution in [0.15, 0.2) is 59.6 Å². The van der Waals surface area contributed by atoms with Gasteiger partial charge in [0.25, 0.3) is 0 Å². The monoisotopic (exact) mass is 517 g/mol. The number of nitrogens with zero attached hydrogens (tertiary/aromatic N) is 7. The molecule has 2 aliphatic rings. The fraction of sp³-hybridized carbons (Fsp3) is 0.308. The maximum Gasteiger partial charge on any atom is 0.324 e. The van der Waals surface area contributed by atoms with Crippen molar-refractivity contribution in [3.05, 3.63) is 66.3 Å². The van der Waals surface area contributed by atoms with E-state index in [0.717, 1.165) is 42.1 Å². The van der Waals surface area contributed by atoms with E-state index in [-0.39, 0.29) is 8.90 Å². The summed E-state index contributed by atoms with van der Waals surface area (Å²) < 4.78 is 10.4. The molecule has 2 N–H and O–H groups in total. The van der Waals surface area contributed by atoms with Gasteiger partial charge >= 0.3 is 6.03 Å². The molecule has 0 radical (unpaired) electrons. The quantitative estimate of drug-likeness (QED) is 0.402. The molecule has 12 heteroatoms. The molecule has 1 saturated heterocycles. The number of nitrogens with one attached hydrogen (secondary N) is 2. The number of rotatable bonds is 5. The second-order valence-corrected chi connectivity index (χ2v) is 9.17. The van der Waals surface area contributed by atoms with Gasteiger partial charge in [-0.1, -0.05) is 5.16 Å². The van der Waals surface area contributed by atoms with Crippen LogP contribution in [0.4, 0.5) is 28.1 Å². The topological polar surface area (TPSA) is 134 Å². The number of amides is 2. The second kappa shape index (κ2) is 10.4. The van der Waals surface area contributed by atoms with Crippen molar-refractivity contribution in [1.82, 2.24) is 25.1 Å². The SMILES string of the molecule is C[C@H]1COCCN1c1nc(-c2ccc(NC(=O)Nc3ccon3)cc2)nc2c1CCN(c1ncccn1)C2.[HH].[HH]. The summed E-state index contributed by atoms with van der Waals surface area (Å²) in [5, 5.41) is 9.07. The Labute approximate surface area is 222 Å². The van der Waals surface area contributed by atoms with Gasteiger partial charge in [0.2, 0.25) is 5.95 Å². The number of aromatic nitrogens is 5. The predicted octanol–water partition coefficient (Wildman–Crippen LogP) is 3.85. The van der Waals surface area contributed by atoms with Crippen molar-refractivity contribution in [3.63, 3.8) is 0 Å². The molecule has 5 heterocycles. The van der Waals surface area contributed by atoms with Crippen LogP contribution in [0.25, 0.3) is 11.4 Å². The summed E-state index contributed by atoms with van der Waals surface area (Å²) in [7, 11) is 0. The number of anilines is 4. The first kappa shape index (κ1) is 23.8. The molecule has 12 nitrogen and oxygen atoms in total. The van der Waals surface area contributed by atoms with Crippen LogP contribution in [0.3, 0.4) is 0 Å². The zero-order valence-corrected chi connectivity index (χ0v) is 20.9. The summed E-state index contributed by atoms with van der Waals surface area (Å²) in [4.78, 5) is 35.6. The molecule has 0 bridgehead atoms. The van der Waals surface area contributed by atoms with E-state index in [1.807, 2.05) is 30.3 Å². The summed E-state index contributed by atoms with van der Waals surface area (Å²) in [5.41, 5.74) is 3.61. The minimum Gasteiger partial charge on any atom is -0.377 e. The van der Waals surface area contributed by atoms with Crippen LogP contribution in [0.2, 0.25) is 0 Å². The van der Waals surface area contributed by atoms with Gasteiger partial charge in [-0.25, -0.2) is 24.7 Å². The fourth-order valence-corrected chi connectivity index (χ4v) is 4.70. The van der Waals surface area contributed by atoms with Crippen molar-refractivity contribution in [2.75, 3.05) is 46.7 Å². The number of benzene rings is 1. The minimum atomic E-state index is -0.413. The smallest absolute Gasteiger partial charge is 0.324 e. The van der Waals surface area contributed by atoms with Gasteiger partial charge < -0.3 is 24.4 Å². The summed E-state index contributed by atoms with van der Waals surface area (Å²) >= 11 is 0. The average Bonchev–Trinajstić information content (AvgIpc) is 3.46. The number of morpholine rings is 1. The third kappa shape index (κ3) is 4.98. The highest BCUT2D eigenvalue weighted by Crippen LogP contribution is 2.32. The standard InChI is InChI=1S/C26H27N9O3.2H2/c1-17-16-37-14-12-35(17)24-20-7-11-34(25-27-9-2-10-28-25)15-21(20)30-23(32-24)18-3-5-19(6-4-18)29-26(36)31-22-8-13-38-33-22;;/h2-6,8-10,13,17H,7,11-12,14-16H2,1H3,(H2,29,31,33,36);2*1H/t17-;;/m0../s1. The molecular weight excluding hydrogens is 486 g/mol. The van der Waals surface area contributed by atoms with Gasteiger partial charge in [0.1, 0.15) is 12.1 Å². The molecule has 198 valence electrons. The Morgan fingerprint density at radius 2 is 1.92 bits per heavy atom. The summed E-state index contributed by atoms with van der Waals surface area (Å²) in [6, 6.07) is 10.6. The van der Waals surface area contributed by atoms with Crippen molar-refractivity contribution in [2.45, 2.75) is 25.9 Å². The van der Waals surface area contributed by atoms with Crippen molar-refractivity contribution in [1.29, 1.82) is 0 Å². The average molecular weight is 518 g/mol. The number of carbonyl (C=O) groups is 1. The van der Waals surface area contributed by atoms with Gasteiger partial charge in [0.15, 0.2) is 11.6 Å². The minimum absolute atomic E-state index is 0. The maximum absolute atomic E-state index is 12.2. The Kier molecular flexibility index (Phi) is 6.53. The molecule has 38 heavy (non-hydrogen) atoms. The zero-order chi connectivity index (χ0) is 25.9. The number of hydrogen-bond acceptors (Lipinski definition) is 10. The van der Waals surface area contributed by atoms with E-state index in [0.29, 0.717) is 43.0 Å². The Bertz CT molecular complexity index is 1410. The predicted molar refractivity (Wildman–Crippen MR) is 145 cm³/mol. The molecule has 3 aromatic heterocycles. The Morgan fingerprint density at radius 3 is 2.68 bits per heavy atom. The Morgan fingerprint density at radius 1 is 1.08 bits per heavy atom. The van der Waals surface area contributed by atoms with Gasteiger partial charge in [-0.2, -0.15) is 0 Å². The summed E-state index contributed by atoms with van der Waals surface area (Å²) in [6.45, 7) is 5.66. The zero-order valence-electron chi connectivity index (χ0n) is 20.9. The number of fused-ring (bicyclic) bond motifs is 1. The molecule has 0 spiro atoms. The first-order chi connectivity index (χ1) is 18.6. The molecular formula is C26H31N9O3. The summed E-state index contributed by atoms with van der Waals surface area (Å²) in [6.07, 6.45) is 5.70. The van der Waals surface area contributed by atoms with Crippen LogP contribution in [0.1, 0.15) is 21.0 Å². The molecule has 1 aromatic carbocycles. The maximum atomic E-state index is 12.2. The highest BCUT2D eigenvalue weighted by Gasteiger charge is 2.29.